The highest BCUT2D eigenvalue weighted by molar-refractivity contribution is 7.92. The third-order valence-electron chi connectivity index (χ3n) is 6.62. The Labute approximate surface area is 238 Å². The van der Waals surface area contributed by atoms with Gasteiger partial charge in [0.05, 0.1) is 17.7 Å². The molecule has 0 unspecified atom stereocenters. The van der Waals surface area contributed by atoms with Crippen LogP contribution in [0.15, 0.2) is 77.7 Å². The van der Waals surface area contributed by atoms with Crippen molar-refractivity contribution < 1.29 is 22.7 Å². The lowest BCUT2D eigenvalue weighted by molar-refractivity contribution is -0.140. The number of hydrogen-bond donors (Lipinski definition) is 1. The summed E-state index contributed by atoms with van der Waals surface area (Å²) in [5.74, 6) is -0.0783. The number of nitrogens with zero attached hydrogens (tertiary/aromatic N) is 2. The van der Waals surface area contributed by atoms with Crippen molar-refractivity contribution >= 4 is 27.5 Å². The van der Waals surface area contributed by atoms with Crippen LogP contribution < -0.4 is 14.4 Å². The van der Waals surface area contributed by atoms with Crippen LogP contribution in [0, 0.1) is 13.8 Å². The summed E-state index contributed by atoms with van der Waals surface area (Å²) < 4.78 is 34.2. The molecule has 3 aromatic rings. The molecule has 0 saturated heterocycles. The Hall–Kier alpha value is -3.85. The Balaban J connectivity index is 2.04. The highest BCUT2D eigenvalue weighted by atomic mass is 32.2. The molecule has 0 fully saturated rings. The van der Waals surface area contributed by atoms with Crippen LogP contribution in [0.2, 0.25) is 0 Å². The van der Waals surface area contributed by atoms with E-state index >= 15 is 0 Å². The van der Waals surface area contributed by atoms with Crippen molar-refractivity contribution in [1.29, 1.82) is 0 Å². The van der Waals surface area contributed by atoms with Crippen molar-refractivity contribution in [1.82, 2.24) is 10.2 Å². The summed E-state index contributed by atoms with van der Waals surface area (Å²) in [5, 5.41) is 2.89. The molecule has 0 radical (unpaired) electrons. The van der Waals surface area contributed by atoms with Gasteiger partial charge in [0.2, 0.25) is 11.8 Å². The molecule has 0 aliphatic carbocycles. The summed E-state index contributed by atoms with van der Waals surface area (Å²) in [6, 6.07) is 20.0. The van der Waals surface area contributed by atoms with Gasteiger partial charge >= 0.3 is 0 Å². The molecule has 0 aliphatic rings. The van der Waals surface area contributed by atoms with E-state index in [9.17, 15) is 18.0 Å². The molecule has 8 nitrogen and oxygen atoms in total. The van der Waals surface area contributed by atoms with Crippen LogP contribution in [0.3, 0.4) is 0 Å². The highest BCUT2D eigenvalue weighted by Gasteiger charge is 2.33. The van der Waals surface area contributed by atoms with Crippen LogP contribution in [0.25, 0.3) is 0 Å². The number of sulfonamides is 1. The number of carbonyl (C=O) groups is 2. The number of hydrogen-bond acceptors (Lipinski definition) is 5. The lowest BCUT2D eigenvalue weighted by Crippen LogP contribution is -2.52. The number of aryl methyl sites for hydroxylation is 2. The molecule has 1 N–H and O–H groups in total. The quantitative estimate of drug-likeness (QED) is 0.320. The van der Waals surface area contributed by atoms with E-state index in [0.717, 1.165) is 27.4 Å². The number of methoxy groups -OCH3 is 1. The van der Waals surface area contributed by atoms with E-state index in [1.807, 2.05) is 45.9 Å². The first-order valence-electron chi connectivity index (χ1n) is 13.5. The third-order valence-corrected chi connectivity index (χ3v) is 8.41. The number of amides is 2. The van der Waals surface area contributed by atoms with E-state index in [2.05, 4.69) is 5.32 Å². The van der Waals surface area contributed by atoms with Crippen LogP contribution in [0.5, 0.6) is 5.75 Å². The van der Waals surface area contributed by atoms with Gasteiger partial charge in [-0.25, -0.2) is 8.42 Å². The minimum absolute atomic E-state index is 0.0850. The number of benzene rings is 3. The van der Waals surface area contributed by atoms with Crippen molar-refractivity contribution in [3.63, 3.8) is 0 Å². The lowest BCUT2D eigenvalue weighted by atomic mass is 10.1. The van der Waals surface area contributed by atoms with Crippen LogP contribution in [-0.2, 0) is 26.2 Å². The summed E-state index contributed by atoms with van der Waals surface area (Å²) in [5.41, 5.74) is 2.95. The normalized spacial score (nSPS) is 11.9. The van der Waals surface area contributed by atoms with E-state index in [4.69, 9.17) is 4.74 Å². The molecule has 1 atom stereocenters. The fourth-order valence-corrected chi connectivity index (χ4v) is 5.77. The van der Waals surface area contributed by atoms with Gasteiger partial charge in [-0.2, -0.15) is 0 Å². The minimum Gasteiger partial charge on any atom is -0.497 e. The second kappa shape index (κ2) is 14.0. The maximum absolute atomic E-state index is 14.1. The molecule has 40 heavy (non-hydrogen) atoms. The molecule has 214 valence electrons. The lowest BCUT2D eigenvalue weighted by Gasteiger charge is -2.33. The Morgan fingerprint density at radius 2 is 1.60 bits per heavy atom. The maximum Gasteiger partial charge on any atom is 0.264 e. The highest BCUT2D eigenvalue weighted by Crippen LogP contribution is 2.26. The van der Waals surface area contributed by atoms with Gasteiger partial charge in [-0.1, -0.05) is 55.8 Å². The zero-order valence-electron chi connectivity index (χ0n) is 23.9. The first-order valence-corrected chi connectivity index (χ1v) is 14.9. The van der Waals surface area contributed by atoms with Crippen molar-refractivity contribution in [2.75, 3.05) is 24.5 Å². The van der Waals surface area contributed by atoms with E-state index in [0.29, 0.717) is 24.4 Å². The number of nitrogens with one attached hydrogen (secondary N) is 1. The Morgan fingerprint density at radius 3 is 2.17 bits per heavy atom. The SMILES string of the molecule is CCCNC(=O)[C@H](CC)N(Cc1ccc(OC)cc1)C(=O)CN(c1cccc(C)c1)S(=O)(=O)c1ccc(C)cc1. The van der Waals surface area contributed by atoms with Crippen molar-refractivity contribution in [3.05, 3.63) is 89.5 Å². The summed E-state index contributed by atoms with van der Waals surface area (Å²) in [7, 11) is -2.52. The summed E-state index contributed by atoms with van der Waals surface area (Å²) >= 11 is 0. The number of rotatable bonds is 13. The second-order valence-electron chi connectivity index (χ2n) is 9.75. The van der Waals surface area contributed by atoms with Crippen LogP contribution >= 0.6 is 0 Å². The number of anilines is 1. The van der Waals surface area contributed by atoms with E-state index in [1.54, 1.807) is 61.7 Å². The van der Waals surface area contributed by atoms with Gasteiger partial charge in [0.15, 0.2) is 0 Å². The Kier molecular flexibility index (Phi) is 10.7. The maximum atomic E-state index is 14.1. The molecule has 0 heterocycles. The second-order valence-corrected chi connectivity index (χ2v) is 11.6. The molecule has 3 rings (SSSR count). The van der Waals surface area contributed by atoms with Crippen molar-refractivity contribution in [3.8, 4) is 5.75 Å². The summed E-state index contributed by atoms with van der Waals surface area (Å²) in [6.45, 7) is 7.69. The number of ether oxygens (including phenoxy) is 1. The fourth-order valence-electron chi connectivity index (χ4n) is 4.36. The zero-order valence-corrected chi connectivity index (χ0v) is 24.7. The molecular weight excluding hydrogens is 526 g/mol. The van der Waals surface area contributed by atoms with Gasteiger partial charge in [0.1, 0.15) is 18.3 Å². The Bertz CT molecular complexity index is 1390. The first-order chi connectivity index (χ1) is 19.1. The molecule has 0 spiro atoms. The predicted molar refractivity (Wildman–Crippen MR) is 158 cm³/mol. The van der Waals surface area contributed by atoms with Crippen LogP contribution in [0.1, 0.15) is 43.4 Å². The van der Waals surface area contributed by atoms with E-state index < -0.39 is 28.5 Å². The van der Waals surface area contributed by atoms with E-state index in [1.165, 1.54) is 4.90 Å². The standard InChI is InChI=1S/C31H39N3O5S/c1-6-19-32-31(36)29(7-2)33(21-25-13-15-27(39-5)16-14-25)30(35)22-34(26-10-8-9-24(4)20-26)40(37,38)28-17-11-23(3)12-18-28/h8-18,20,29H,6-7,19,21-22H2,1-5H3,(H,32,36)/t29-/m0/s1. The van der Waals surface area contributed by atoms with Gasteiger partial charge in [-0.05, 0) is 74.2 Å². The molecule has 2 amide bonds. The molecular formula is C31H39N3O5S. The van der Waals surface area contributed by atoms with Gasteiger partial charge < -0.3 is 15.0 Å². The van der Waals surface area contributed by atoms with Gasteiger partial charge in [0.25, 0.3) is 10.0 Å². The van der Waals surface area contributed by atoms with E-state index in [-0.39, 0.29) is 17.3 Å². The average Bonchev–Trinajstić information content (AvgIpc) is 2.95. The summed E-state index contributed by atoms with van der Waals surface area (Å²) in [6.07, 6.45) is 1.12. The number of carbonyl (C=O) groups excluding carboxylic acids is 2. The zero-order chi connectivity index (χ0) is 29.3. The topological polar surface area (TPSA) is 96.0 Å². The largest absolute Gasteiger partial charge is 0.497 e. The first kappa shape index (κ1) is 30.7. The smallest absolute Gasteiger partial charge is 0.264 e. The van der Waals surface area contributed by atoms with Gasteiger partial charge in [0, 0.05) is 13.1 Å². The van der Waals surface area contributed by atoms with Crippen molar-refractivity contribution in [2.45, 2.75) is 58.0 Å². The molecule has 0 aromatic heterocycles. The van der Waals surface area contributed by atoms with Gasteiger partial charge in [-0.3, -0.25) is 13.9 Å². The van der Waals surface area contributed by atoms with Gasteiger partial charge in [-0.15, -0.1) is 0 Å². The predicted octanol–water partition coefficient (Wildman–Crippen LogP) is 4.84. The molecule has 9 heteroatoms. The fraction of sp³-hybridized carbons (Fsp3) is 0.355. The van der Waals surface area contributed by atoms with Crippen LogP contribution in [0.4, 0.5) is 5.69 Å². The third kappa shape index (κ3) is 7.63. The minimum atomic E-state index is -4.10. The molecule has 0 aliphatic heterocycles. The molecule has 0 bridgehead atoms. The molecule has 0 saturated carbocycles. The summed E-state index contributed by atoms with van der Waals surface area (Å²) in [4.78, 5) is 28.8. The monoisotopic (exact) mass is 565 g/mol. The van der Waals surface area contributed by atoms with Crippen molar-refractivity contribution in [2.24, 2.45) is 0 Å². The van der Waals surface area contributed by atoms with Crippen LogP contribution in [-0.4, -0.2) is 51.4 Å². The molecule has 3 aromatic carbocycles. The average molecular weight is 566 g/mol. The Morgan fingerprint density at radius 1 is 0.925 bits per heavy atom.